The van der Waals surface area contributed by atoms with E-state index in [2.05, 4.69) is 5.32 Å². The van der Waals surface area contributed by atoms with Crippen molar-refractivity contribution in [1.29, 1.82) is 0 Å². The number of nitrogens with zero attached hydrogens (tertiary/aromatic N) is 3. The number of hydrogen-bond donors (Lipinski definition) is 1. The molecule has 0 spiro atoms. The lowest BCUT2D eigenvalue weighted by Crippen LogP contribution is -2.14. The third-order valence-electron chi connectivity index (χ3n) is 5.98. The van der Waals surface area contributed by atoms with E-state index in [1.807, 2.05) is 92.7 Å². The third-order valence-corrected chi connectivity index (χ3v) is 5.98. The van der Waals surface area contributed by atoms with Gasteiger partial charge < -0.3 is 10.1 Å². The van der Waals surface area contributed by atoms with Crippen molar-refractivity contribution >= 4 is 17.3 Å². The Morgan fingerprint density at radius 2 is 1.58 bits per heavy atom. The standard InChI is InChI=1S/C30H24N4O4/c1-20-10-9-15-26(16-20)38-27-18-23(17-25(19-27)34(36)37)31-30(35)28-21(2)33(24-13-7-4-8-14-24)32-29(28)22-11-5-3-6-12-22/h3-19H,1-2H3,(H,31,35). The molecule has 1 heterocycles. The van der Waals surface area contributed by atoms with Gasteiger partial charge in [-0.3, -0.25) is 14.9 Å². The molecule has 8 heteroatoms. The molecule has 0 aliphatic heterocycles. The van der Waals surface area contributed by atoms with Crippen LogP contribution in [0.4, 0.5) is 11.4 Å². The maximum Gasteiger partial charge on any atom is 0.275 e. The Hall–Kier alpha value is -5.24. The van der Waals surface area contributed by atoms with E-state index in [4.69, 9.17) is 9.84 Å². The van der Waals surface area contributed by atoms with E-state index < -0.39 is 10.8 Å². The Morgan fingerprint density at radius 3 is 2.26 bits per heavy atom. The molecule has 0 fully saturated rings. The number of carbonyl (C=O) groups is 1. The number of aromatic nitrogens is 2. The van der Waals surface area contributed by atoms with Crippen molar-refractivity contribution < 1.29 is 14.5 Å². The molecule has 5 aromatic rings. The zero-order chi connectivity index (χ0) is 26.6. The largest absolute Gasteiger partial charge is 0.457 e. The summed E-state index contributed by atoms with van der Waals surface area (Å²) in [4.78, 5) is 24.8. The molecule has 5 rings (SSSR count). The van der Waals surface area contributed by atoms with Crippen molar-refractivity contribution in [2.75, 3.05) is 5.32 Å². The van der Waals surface area contributed by atoms with E-state index in [1.165, 1.54) is 12.1 Å². The first-order chi connectivity index (χ1) is 18.4. The third kappa shape index (κ3) is 5.15. The average molecular weight is 505 g/mol. The summed E-state index contributed by atoms with van der Waals surface area (Å²) in [7, 11) is 0. The van der Waals surface area contributed by atoms with E-state index in [1.54, 1.807) is 16.8 Å². The van der Waals surface area contributed by atoms with Crippen molar-refractivity contribution in [1.82, 2.24) is 9.78 Å². The Bertz CT molecular complexity index is 1630. The Labute approximate surface area is 219 Å². The van der Waals surface area contributed by atoms with Gasteiger partial charge in [0.15, 0.2) is 0 Å². The number of para-hydroxylation sites is 1. The molecule has 0 aliphatic carbocycles. The summed E-state index contributed by atoms with van der Waals surface area (Å²) in [5, 5.41) is 19.2. The number of non-ortho nitro benzene ring substituents is 1. The van der Waals surface area contributed by atoms with Crippen LogP contribution in [0, 0.1) is 24.0 Å². The lowest BCUT2D eigenvalue weighted by atomic mass is 10.1. The predicted octanol–water partition coefficient (Wildman–Crippen LogP) is 7.11. The Balaban J connectivity index is 1.54. The molecule has 1 amide bonds. The van der Waals surface area contributed by atoms with Crippen LogP contribution in [-0.2, 0) is 0 Å². The van der Waals surface area contributed by atoms with Crippen LogP contribution in [-0.4, -0.2) is 20.6 Å². The number of benzene rings is 4. The van der Waals surface area contributed by atoms with Crippen molar-refractivity contribution in [3.05, 3.63) is 130 Å². The van der Waals surface area contributed by atoms with E-state index in [0.29, 0.717) is 22.7 Å². The normalized spacial score (nSPS) is 10.7. The number of rotatable bonds is 7. The monoisotopic (exact) mass is 504 g/mol. The van der Waals surface area contributed by atoms with E-state index in [0.717, 1.165) is 16.8 Å². The number of nitrogens with one attached hydrogen (secondary N) is 1. The minimum Gasteiger partial charge on any atom is -0.457 e. The summed E-state index contributed by atoms with van der Waals surface area (Å²) in [6.07, 6.45) is 0. The summed E-state index contributed by atoms with van der Waals surface area (Å²) < 4.78 is 7.60. The van der Waals surface area contributed by atoms with Gasteiger partial charge >= 0.3 is 0 Å². The van der Waals surface area contributed by atoms with Gasteiger partial charge in [-0.25, -0.2) is 4.68 Å². The van der Waals surface area contributed by atoms with Crippen LogP contribution < -0.4 is 10.1 Å². The molecule has 0 saturated heterocycles. The molecule has 1 aromatic heterocycles. The second-order valence-electron chi connectivity index (χ2n) is 8.77. The smallest absolute Gasteiger partial charge is 0.275 e. The van der Waals surface area contributed by atoms with E-state index >= 15 is 0 Å². The number of nitro groups is 1. The maximum absolute atomic E-state index is 13.7. The molecule has 0 atom stereocenters. The van der Waals surface area contributed by atoms with Crippen LogP contribution in [0.1, 0.15) is 21.6 Å². The molecule has 0 bridgehead atoms. The fraction of sp³-hybridized carbons (Fsp3) is 0.0667. The topological polar surface area (TPSA) is 99.3 Å². The van der Waals surface area contributed by atoms with Gasteiger partial charge in [-0.15, -0.1) is 0 Å². The highest BCUT2D eigenvalue weighted by Gasteiger charge is 2.24. The van der Waals surface area contributed by atoms with Crippen molar-refractivity contribution in [3.63, 3.8) is 0 Å². The highest BCUT2D eigenvalue weighted by molar-refractivity contribution is 6.09. The summed E-state index contributed by atoms with van der Waals surface area (Å²) in [5.41, 5.74) is 4.11. The molecular formula is C30H24N4O4. The van der Waals surface area contributed by atoms with Crippen LogP contribution in [0.3, 0.4) is 0 Å². The molecule has 38 heavy (non-hydrogen) atoms. The fourth-order valence-electron chi connectivity index (χ4n) is 4.22. The first-order valence-electron chi connectivity index (χ1n) is 11.9. The second kappa shape index (κ2) is 10.4. The van der Waals surface area contributed by atoms with E-state index in [9.17, 15) is 14.9 Å². The summed E-state index contributed by atoms with van der Waals surface area (Å²) in [6, 6.07) is 30.5. The number of amides is 1. The number of carbonyl (C=O) groups excluding carboxylic acids is 1. The number of anilines is 1. The highest BCUT2D eigenvalue weighted by Crippen LogP contribution is 2.32. The molecule has 0 unspecified atom stereocenters. The quantitative estimate of drug-likeness (QED) is 0.188. The second-order valence-corrected chi connectivity index (χ2v) is 8.77. The molecule has 1 N–H and O–H groups in total. The van der Waals surface area contributed by atoms with Crippen molar-refractivity contribution in [3.8, 4) is 28.4 Å². The van der Waals surface area contributed by atoms with Gasteiger partial charge in [0.2, 0.25) is 0 Å². The molecular weight excluding hydrogens is 480 g/mol. The van der Waals surface area contributed by atoms with Gasteiger partial charge in [-0.1, -0.05) is 60.7 Å². The minimum atomic E-state index is -0.521. The number of ether oxygens (including phenoxy) is 1. The predicted molar refractivity (Wildman–Crippen MR) is 146 cm³/mol. The van der Waals surface area contributed by atoms with Crippen LogP contribution in [0.2, 0.25) is 0 Å². The van der Waals surface area contributed by atoms with E-state index in [-0.39, 0.29) is 17.1 Å². The molecule has 0 aliphatic rings. The van der Waals surface area contributed by atoms with Crippen molar-refractivity contribution in [2.24, 2.45) is 0 Å². The average Bonchev–Trinajstić information content (AvgIpc) is 3.26. The number of aryl methyl sites for hydroxylation is 1. The van der Waals surface area contributed by atoms with Gasteiger partial charge in [-0.2, -0.15) is 5.10 Å². The van der Waals surface area contributed by atoms with Gasteiger partial charge in [0.25, 0.3) is 11.6 Å². The fourth-order valence-corrected chi connectivity index (χ4v) is 4.22. The Morgan fingerprint density at radius 1 is 0.868 bits per heavy atom. The molecule has 4 aromatic carbocycles. The SMILES string of the molecule is Cc1cccc(Oc2cc(NC(=O)c3c(-c4ccccc4)nn(-c4ccccc4)c3C)cc([N+](=O)[O-])c2)c1. The molecule has 0 saturated carbocycles. The first-order valence-corrected chi connectivity index (χ1v) is 11.9. The van der Waals surface area contributed by atoms with Crippen LogP contribution in [0.5, 0.6) is 11.5 Å². The summed E-state index contributed by atoms with van der Waals surface area (Å²) in [5.74, 6) is 0.333. The summed E-state index contributed by atoms with van der Waals surface area (Å²) >= 11 is 0. The molecule has 8 nitrogen and oxygen atoms in total. The van der Waals surface area contributed by atoms with Gasteiger partial charge in [0, 0.05) is 17.7 Å². The minimum absolute atomic E-state index is 0.203. The zero-order valence-electron chi connectivity index (χ0n) is 20.8. The first kappa shape index (κ1) is 24.5. The van der Waals surface area contributed by atoms with Crippen LogP contribution >= 0.6 is 0 Å². The maximum atomic E-state index is 13.7. The van der Waals surface area contributed by atoms with Crippen molar-refractivity contribution in [2.45, 2.75) is 13.8 Å². The highest BCUT2D eigenvalue weighted by atomic mass is 16.6. The molecule has 188 valence electrons. The van der Waals surface area contributed by atoms with Gasteiger partial charge in [0.05, 0.1) is 33.6 Å². The van der Waals surface area contributed by atoms with Gasteiger partial charge in [0.1, 0.15) is 17.2 Å². The lowest BCUT2D eigenvalue weighted by molar-refractivity contribution is -0.384. The van der Waals surface area contributed by atoms with Crippen LogP contribution in [0.15, 0.2) is 103 Å². The van der Waals surface area contributed by atoms with Crippen LogP contribution in [0.25, 0.3) is 16.9 Å². The summed E-state index contributed by atoms with van der Waals surface area (Å²) in [6.45, 7) is 3.75. The Kier molecular flexibility index (Phi) is 6.69. The lowest BCUT2D eigenvalue weighted by Gasteiger charge is -2.11. The number of hydrogen-bond acceptors (Lipinski definition) is 5. The van der Waals surface area contributed by atoms with Gasteiger partial charge in [-0.05, 0) is 43.7 Å². The number of nitro benzene ring substituents is 1. The zero-order valence-corrected chi connectivity index (χ0v) is 20.8. The molecule has 0 radical (unpaired) electrons.